The zero-order valence-corrected chi connectivity index (χ0v) is 15.8. The molecule has 2 unspecified atom stereocenters. The Labute approximate surface area is 160 Å². The maximum Gasteiger partial charge on any atom is 0.355 e. The average Bonchev–Trinajstić information content (AvgIpc) is 2.69. The quantitative estimate of drug-likeness (QED) is 0.451. The van der Waals surface area contributed by atoms with Crippen LogP contribution >= 0.6 is 23.4 Å². The van der Waals surface area contributed by atoms with Crippen LogP contribution in [0.1, 0.15) is 5.56 Å². The Morgan fingerprint density at radius 1 is 1.42 bits per heavy atom. The number of fused-ring (bicyclic) bond motifs is 1. The van der Waals surface area contributed by atoms with Crippen LogP contribution in [0.15, 0.2) is 47.7 Å². The Morgan fingerprint density at radius 2 is 2.15 bits per heavy atom. The van der Waals surface area contributed by atoms with Crippen LogP contribution < -0.4 is 10.5 Å². The summed E-state index contributed by atoms with van der Waals surface area (Å²) in [6, 6.07) is 6.64. The largest absolute Gasteiger partial charge is 0.497 e. The van der Waals surface area contributed by atoms with E-state index in [9.17, 15) is 9.59 Å². The van der Waals surface area contributed by atoms with Crippen molar-refractivity contribution >= 4 is 35.2 Å². The molecule has 1 amide bonds. The van der Waals surface area contributed by atoms with Gasteiger partial charge in [0.1, 0.15) is 29.5 Å². The Balaban J connectivity index is 1.77. The number of carbonyl (C=O) groups excluding carboxylic acids is 2. The van der Waals surface area contributed by atoms with E-state index in [2.05, 4.69) is 0 Å². The van der Waals surface area contributed by atoms with Gasteiger partial charge in [0.25, 0.3) is 0 Å². The first kappa shape index (κ1) is 18.8. The van der Waals surface area contributed by atoms with E-state index in [4.69, 9.17) is 26.8 Å². The maximum absolute atomic E-state index is 12.7. The van der Waals surface area contributed by atoms with Crippen molar-refractivity contribution in [2.45, 2.75) is 18.0 Å². The molecule has 2 aliphatic rings. The standard InChI is InChI=1S/C18H19ClN2O4S/c1-24-13-6-4-11(5-7-13)9-25-18(23)15-12(3-2-8-19)10-26-17-14(20)16(22)21(15)17/h2-7,14,17H,8-10,20H2,1H3/b3-2-. The lowest BCUT2D eigenvalue weighted by Gasteiger charge is -2.48. The summed E-state index contributed by atoms with van der Waals surface area (Å²) >= 11 is 7.23. The van der Waals surface area contributed by atoms with Gasteiger partial charge in [-0.25, -0.2) is 4.79 Å². The minimum Gasteiger partial charge on any atom is -0.497 e. The zero-order chi connectivity index (χ0) is 18.7. The molecule has 0 spiro atoms. The minimum absolute atomic E-state index is 0.102. The van der Waals surface area contributed by atoms with Gasteiger partial charge >= 0.3 is 5.97 Å². The second kappa shape index (κ2) is 8.16. The number of hydrogen-bond acceptors (Lipinski definition) is 6. The fourth-order valence-corrected chi connectivity index (χ4v) is 4.14. The number of methoxy groups -OCH3 is 1. The van der Waals surface area contributed by atoms with Crippen molar-refractivity contribution in [1.29, 1.82) is 0 Å². The van der Waals surface area contributed by atoms with Crippen LogP contribution in [0.5, 0.6) is 5.75 Å². The number of amides is 1. The summed E-state index contributed by atoms with van der Waals surface area (Å²) in [5.41, 5.74) is 7.64. The number of nitrogens with zero attached hydrogens (tertiary/aromatic N) is 1. The van der Waals surface area contributed by atoms with Crippen LogP contribution in [-0.2, 0) is 20.9 Å². The number of alkyl halides is 1. The highest BCUT2D eigenvalue weighted by Gasteiger charge is 2.51. The van der Waals surface area contributed by atoms with E-state index >= 15 is 0 Å². The molecule has 0 aromatic heterocycles. The van der Waals surface area contributed by atoms with Crippen molar-refractivity contribution in [2.75, 3.05) is 18.7 Å². The summed E-state index contributed by atoms with van der Waals surface area (Å²) in [5.74, 6) is 0.807. The number of β-lactam (4-membered cyclic amide) rings is 1. The van der Waals surface area contributed by atoms with Gasteiger partial charge in [0.05, 0.1) is 7.11 Å². The van der Waals surface area contributed by atoms with E-state index in [0.29, 0.717) is 17.2 Å². The third-order valence-electron chi connectivity index (χ3n) is 4.17. The number of hydrogen-bond donors (Lipinski definition) is 1. The number of benzene rings is 1. The van der Waals surface area contributed by atoms with Crippen molar-refractivity contribution in [3.05, 3.63) is 53.3 Å². The first-order chi connectivity index (χ1) is 12.6. The summed E-state index contributed by atoms with van der Waals surface area (Å²) in [7, 11) is 1.59. The molecule has 8 heteroatoms. The van der Waals surface area contributed by atoms with Crippen LogP contribution in [0.2, 0.25) is 0 Å². The van der Waals surface area contributed by atoms with Crippen molar-refractivity contribution < 1.29 is 19.1 Å². The molecule has 6 nitrogen and oxygen atoms in total. The van der Waals surface area contributed by atoms with Crippen LogP contribution in [0.3, 0.4) is 0 Å². The lowest BCUT2D eigenvalue weighted by atomic mass is 10.0. The number of carbonyl (C=O) groups is 2. The monoisotopic (exact) mass is 394 g/mol. The Bertz CT molecular complexity index is 763. The zero-order valence-electron chi connectivity index (χ0n) is 14.2. The highest BCUT2D eigenvalue weighted by molar-refractivity contribution is 8.00. The number of thioether (sulfide) groups is 1. The van der Waals surface area contributed by atoms with Gasteiger partial charge in [-0.3, -0.25) is 9.69 Å². The lowest BCUT2D eigenvalue weighted by Crippen LogP contribution is -2.68. The van der Waals surface area contributed by atoms with Crippen LogP contribution in [-0.4, -0.2) is 46.9 Å². The second-order valence-electron chi connectivity index (χ2n) is 5.79. The molecule has 1 saturated heterocycles. The second-order valence-corrected chi connectivity index (χ2v) is 7.20. The van der Waals surface area contributed by atoms with E-state index in [0.717, 1.165) is 11.3 Å². The molecule has 2 N–H and O–H groups in total. The summed E-state index contributed by atoms with van der Waals surface area (Å²) in [4.78, 5) is 26.3. The number of rotatable bonds is 6. The van der Waals surface area contributed by atoms with Crippen LogP contribution in [0.4, 0.5) is 0 Å². The van der Waals surface area contributed by atoms with Gasteiger partial charge in [0, 0.05) is 11.6 Å². The van der Waals surface area contributed by atoms with E-state index in [1.807, 2.05) is 12.1 Å². The number of halogens is 1. The Kier molecular flexibility index (Phi) is 5.90. The Morgan fingerprint density at radius 3 is 2.81 bits per heavy atom. The van der Waals surface area contributed by atoms with Gasteiger partial charge in [-0.2, -0.15) is 0 Å². The average molecular weight is 395 g/mol. The third kappa shape index (κ3) is 3.60. The molecule has 26 heavy (non-hydrogen) atoms. The number of esters is 1. The SMILES string of the molecule is COc1ccc(COC(=O)C2=C(/C=C\CCl)CSC3C(N)C(=O)N23)cc1. The molecule has 2 aliphatic heterocycles. The number of ether oxygens (including phenoxy) is 2. The number of allylic oxidation sites excluding steroid dienone is 2. The fraction of sp³-hybridized carbons (Fsp3) is 0.333. The van der Waals surface area contributed by atoms with Crippen molar-refractivity contribution in [3.63, 3.8) is 0 Å². The molecule has 138 valence electrons. The lowest BCUT2D eigenvalue weighted by molar-refractivity contribution is -0.151. The van der Waals surface area contributed by atoms with Crippen molar-refractivity contribution in [2.24, 2.45) is 5.73 Å². The summed E-state index contributed by atoms with van der Waals surface area (Å²) < 4.78 is 10.5. The highest BCUT2D eigenvalue weighted by Crippen LogP contribution is 2.40. The third-order valence-corrected chi connectivity index (χ3v) is 5.67. The van der Waals surface area contributed by atoms with Gasteiger partial charge in [0.15, 0.2) is 0 Å². The molecular formula is C18H19ClN2O4S. The van der Waals surface area contributed by atoms with Gasteiger partial charge < -0.3 is 15.2 Å². The van der Waals surface area contributed by atoms with E-state index in [1.165, 1.54) is 16.7 Å². The predicted molar refractivity (Wildman–Crippen MR) is 101 cm³/mol. The summed E-state index contributed by atoms with van der Waals surface area (Å²) in [6.07, 6.45) is 3.50. The maximum atomic E-state index is 12.7. The molecular weight excluding hydrogens is 376 g/mol. The molecule has 0 aliphatic carbocycles. The molecule has 3 rings (SSSR count). The summed E-state index contributed by atoms with van der Waals surface area (Å²) in [6.45, 7) is 0.102. The minimum atomic E-state index is -0.581. The highest BCUT2D eigenvalue weighted by atomic mass is 35.5. The predicted octanol–water partition coefficient (Wildman–Crippen LogP) is 2.03. The van der Waals surface area contributed by atoms with Gasteiger partial charge in [-0.1, -0.05) is 24.3 Å². The van der Waals surface area contributed by atoms with E-state index in [-0.39, 0.29) is 23.6 Å². The fourth-order valence-electron chi connectivity index (χ4n) is 2.78. The van der Waals surface area contributed by atoms with Gasteiger partial charge in [0.2, 0.25) is 5.91 Å². The first-order valence-corrected chi connectivity index (χ1v) is 9.61. The molecule has 1 aromatic carbocycles. The molecule has 1 aromatic rings. The van der Waals surface area contributed by atoms with Gasteiger partial charge in [-0.05, 0) is 23.3 Å². The molecule has 0 bridgehead atoms. The van der Waals surface area contributed by atoms with Crippen molar-refractivity contribution in [3.8, 4) is 5.75 Å². The molecule has 2 atom stereocenters. The normalized spacial score (nSPS) is 22.3. The first-order valence-electron chi connectivity index (χ1n) is 8.02. The van der Waals surface area contributed by atoms with Crippen LogP contribution in [0, 0.1) is 0 Å². The Hall–Kier alpha value is -1.96. The molecule has 0 radical (unpaired) electrons. The van der Waals surface area contributed by atoms with E-state index < -0.39 is 12.0 Å². The molecule has 2 heterocycles. The summed E-state index contributed by atoms with van der Waals surface area (Å²) in [5, 5.41) is -0.223. The molecule has 1 fully saturated rings. The number of nitrogens with two attached hydrogens (primary N) is 1. The molecule has 0 saturated carbocycles. The van der Waals surface area contributed by atoms with Crippen LogP contribution in [0.25, 0.3) is 0 Å². The van der Waals surface area contributed by atoms with Crippen molar-refractivity contribution in [1.82, 2.24) is 4.90 Å². The van der Waals surface area contributed by atoms with E-state index in [1.54, 1.807) is 31.4 Å². The smallest absolute Gasteiger partial charge is 0.355 e. The van der Waals surface area contributed by atoms with Gasteiger partial charge in [-0.15, -0.1) is 23.4 Å². The topological polar surface area (TPSA) is 81.9 Å².